The first-order valence-corrected chi connectivity index (χ1v) is 11.2. The zero-order valence-corrected chi connectivity index (χ0v) is 17.4. The molecule has 0 aliphatic carbocycles. The van der Waals surface area contributed by atoms with Gasteiger partial charge in [-0.05, 0) is 12.1 Å². The minimum absolute atomic E-state index is 0. The van der Waals surface area contributed by atoms with Crippen molar-refractivity contribution in [3.63, 3.8) is 0 Å². The number of benzene rings is 1. The highest BCUT2D eigenvalue weighted by Crippen LogP contribution is 2.44. The number of hydrogen-bond acceptors (Lipinski definition) is 6. The summed E-state index contributed by atoms with van der Waals surface area (Å²) < 4.78 is 73.4. The van der Waals surface area contributed by atoms with Crippen LogP contribution in [-0.4, -0.2) is 92.4 Å². The fourth-order valence-electron chi connectivity index (χ4n) is 4.66. The molecular formula is C18H21F3N4O6S. The molecule has 14 heteroatoms. The Balaban J connectivity index is 0.00000259. The van der Waals surface area contributed by atoms with Crippen molar-refractivity contribution < 1.29 is 42.1 Å². The molecule has 0 aromatic heterocycles. The molecule has 4 heterocycles. The zero-order chi connectivity index (χ0) is 22.9. The Kier molecular flexibility index (Phi) is 4.38. The molecule has 32 heavy (non-hydrogen) atoms. The van der Waals surface area contributed by atoms with Gasteiger partial charge in [0, 0.05) is 33.0 Å². The maximum absolute atomic E-state index is 12.8. The molecule has 0 saturated carbocycles. The topological polar surface area (TPSA) is 108 Å². The average Bonchev–Trinajstić information content (AvgIpc) is 2.99. The summed E-state index contributed by atoms with van der Waals surface area (Å²) in [4.78, 5) is 26.4. The summed E-state index contributed by atoms with van der Waals surface area (Å²) >= 11 is 0. The summed E-state index contributed by atoms with van der Waals surface area (Å²) in [6.45, 7) is 1.82. The Morgan fingerprint density at radius 1 is 1.09 bits per heavy atom. The van der Waals surface area contributed by atoms with Crippen LogP contribution in [0, 0.1) is 5.41 Å². The van der Waals surface area contributed by atoms with E-state index in [1.165, 1.54) is 12.1 Å². The average molecular weight is 478 g/mol. The molecule has 1 aromatic carbocycles. The van der Waals surface area contributed by atoms with E-state index in [0.29, 0.717) is 26.2 Å². The smallest absolute Gasteiger partial charge is 0.447 e. The van der Waals surface area contributed by atoms with E-state index in [1.54, 1.807) is 9.80 Å². The first kappa shape index (κ1) is 21.1. The first-order valence-electron chi connectivity index (χ1n) is 9.74. The van der Waals surface area contributed by atoms with Gasteiger partial charge < -0.3 is 24.6 Å². The van der Waals surface area contributed by atoms with Gasteiger partial charge in [-0.15, -0.1) is 13.2 Å². The zero-order valence-electron chi connectivity index (χ0n) is 16.6. The Morgan fingerprint density at radius 2 is 1.72 bits per heavy atom. The Labute approximate surface area is 182 Å². The van der Waals surface area contributed by atoms with Crippen LogP contribution in [0.15, 0.2) is 29.2 Å². The second-order valence-corrected chi connectivity index (χ2v) is 10.7. The number of carbonyl (C=O) groups excluding carboxylic acids is 2. The van der Waals surface area contributed by atoms with Crippen LogP contribution >= 0.6 is 0 Å². The SMILES string of the molecule is O=C1NC2(CO1)CN(C(=O)N1CC3(C1)CN(S(=O)(=O)c1ccccc1OC(F)(F)F)C3)C2.[HH]. The lowest BCUT2D eigenvalue weighted by molar-refractivity contribution is -0.275. The van der Waals surface area contributed by atoms with Crippen LogP contribution < -0.4 is 10.1 Å². The third kappa shape index (κ3) is 3.41. The summed E-state index contributed by atoms with van der Waals surface area (Å²) in [5.41, 5.74) is -0.932. The number of urea groups is 1. The van der Waals surface area contributed by atoms with Gasteiger partial charge in [-0.2, -0.15) is 4.31 Å². The Bertz CT molecular complexity index is 1080. The minimum atomic E-state index is -5.01. The van der Waals surface area contributed by atoms with E-state index in [-0.39, 0.29) is 27.2 Å². The predicted molar refractivity (Wildman–Crippen MR) is 102 cm³/mol. The lowest BCUT2D eigenvalue weighted by Crippen LogP contribution is -2.77. The van der Waals surface area contributed by atoms with E-state index in [0.717, 1.165) is 16.4 Å². The molecule has 1 aromatic rings. The fraction of sp³-hybridized carbons (Fsp3) is 0.556. The number of alkyl carbamates (subject to hydrolysis) is 1. The van der Waals surface area contributed by atoms with Crippen molar-refractivity contribution in [2.45, 2.75) is 16.8 Å². The van der Waals surface area contributed by atoms with Crippen LogP contribution in [0.25, 0.3) is 0 Å². The third-order valence-electron chi connectivity index (χ3n) is 6.14. The lowest BCUT2D eigenvalue weighted by Gasteiger charge is -2.60. The molecule has 5 rings (SSSR count). The number of amides is 3. The van der Waals surface area contributed by atoms with E-state index in [9.17, 15) is 31.2 Å². The van der Waals surface area contributed by atoms with Crippen molar-refractivity contribution in [3.05, 3.63) is 24.3 Å². The summed E-state index contributed by atoms with van der Waals surface area (Å²) in [5, 5.41) is 2.69. The van der Waals surface area contributed by atoms with E-state index in [4.69, 9.17) is 4.74 Å². The lowest BCUT2D eigenvalue weighted by atomic mass is 9.74. The molecule has 0 radical (unpaired) electrons. The molecular weight excluding hydrogens is 457 g/mol. The summed E-state index contributed by atoms with van der Waals surface area (Å²) in [5.74, 6) is -0.777. The van der Waals surface area contributed by atoms with E-state index >= 15 is 0 Å². The number of nitrogens with one attached hydrogen (secondary N) is 1. The van der Waals surface area contributed by atoms with E-state index < -0.39 is 44.1 Å². The Hall–Kier alpha value is -2.74. The number of nitrogens with zero attached hydrogens (tertiary/aromatic N) is 3. The molecule has 0 unspecified atom stereocenters. The molecule has 4 fully saturated rings. The maximum Gasteiger partial charge on any atom is 0.573 e. The van der Waals surface area contributed by atoms with Gasteiger partial charge in [0.25, 0.3) is 0 Å². The summed E-state index contributed by atoms with van der Waals surface area (Å²) in [7, 11) is -4.18. The number of halogens is 3. The minimum Gasteiger partial charge on any atom is -0.447 e. The van der Waals surface area contributed by atoms with Gasteiger partial charge in [0.2, 0.25) is 10.0 Å². The molecule has 3 amide bonds. The molecule has 176 valence electrons. The van der Waals surface area contributed by atoms with Crippen LogP contribution in [0.1, 0.15) is 1.43 Å². The quantitative estimate of drug-likeness (QED) is 0.696. The van der Waals surface area contributed by atoms with Crippen LogP contribution in [-0.2, 0) is 14.8 Å². The van der Waals surface area contributed by atoms with Gasteiger partial charge in [-0.1, -0.05) is 12.1 Å². The molecule has 10 nitrogen and oxygen atoms in total. The standard InChI is InChI=1S/C18H19F3N4O6S.H2/c19-18(20,21)31-12-3-1-2-4-13(12)32(28,29)25-7-16(8-25)5-23(6-16)15(27)24-9-17(10-24)11-30-14(26)22-17;/h1-4H,5-11H2,(H,22,26);1H. The molecule has 2 spiro atoms. The molecule has 4 saturated heterocycles. The fourth-order valence-corrected chi connectivity index (χ4v) is 6.44. The van der Waals surface area contributed by atoms with Crippen molar-refractivity contribution in [1.29, 1.82) is 0 Å². The number of carbonyl (C=O) groups is 2. The van der Waals surface area contributed by atoms with Crippen LogP contribution in [0.3, 0.4) is 0 Å². The van der Waals surface area contributed by atoms with Crippen LogP contribution in [0.2, 0.25) is 0 Å². The van der Waals surface area contributed by atoms with Crippen molar-refractivity contribution in [1.82, 2.24) is 19.4 Å². The second kappa shape index (κ2) is 6.63. The predicted octanol–water partition coefficient (Wildman–Crippen LogP) is 1.05. The van der Waals surface area contributed by atoms with Crippen molar-refractivity contribution >= 4 is 22.1 Å². The van der Waals surface area contributed by atoms with E-state index in [1.807, 2.05) is 0 Å². The van der Waals surface area contributed by atoms with Crippen LogP contribution in [0.5, 0.6) is 5.75 Å². The second-order valence-electron chi connectivity index (χ2n) is 8.74. The number of alkyl halides is 3. The van der Waals surface area contributed by atoms with Gasteiger partial charge in [-0.25, -0.2) is 18.0 Å². The summed E-state index contributed by atoms with van der Waals surface area (Å²) in [6, 6.07) is 4.41. The molecule has 0 bridgehead atoms. The largest absolute Gasteiger partial charge is 0.573 e. The number of cyclic esters (lactones) is 1. The van der Waals surface area contributed by atoms with Gasteiger partial charge in [-0.3, -0.25) is 0 Å². The number of likely N-dealkylation sites (tertiary alicyclic amines) is 2. The number of hydrogen-bond donors (Lipinski definition) is 1. The normalized spacial score (nSPS) is 23.8. The summed E-state index contributed by atoms with van der Waals surface area (Å²) in [6.07, 6.45) is -5.52. The van der Waals surface area contributed by atoms with Crippen molar-refractivity contribution in [2.24, 2.45) is 5.41 Å². The Morgan fingerprint density at radius 3 is 2.31 bits per heavy atom. The first-order chi connectivity index (χ1) is 14.9. The van der Waals surface area contributed by atoms with Crippen molar-refractivity contribution in [3.8, 4) is 5.75 Å². The molecule has 0 atom stereocenters. The van der Waals surface area contributed by atoms with Crippen molar-refractivity contribution in [2.75, 3.05) is 45.9 Å². The third-order valence-corrected chi connectivity index (χ3v) is 7.97. The van der Waals surface area contributed by atoms with Crippen LogP contribution in [0.4, 0.5) is 22.8 Å². The molecule has 4 aliphatic rings. The monoisotopic (exact) mass is 478 g/mol. The highest BCUT2D eigenvalue weighted by atomic mass is 32.2. The molecule has 4 aliphatic heterocycles. The number of ether oxygens (including phenoxy) is 2. The number of rotatable bonds is 3. The highest BCUT2D eigenvalue weighted by Gasteiger charge is 2.59. The van der Waals surface area contributed by atoms with E-state index in [2.05, 4.69) is 10.1 Å². The maximum atomic E-state index is 12.8. The van der Waals surface area contributed by atoms with Gasteiger partial charge in [0.1, 0.15) is 22.8 Å². The van der Waals surface area contributed by atoms with Gasteiger partial charge in [0.15, 0.2) is 0 Å². The van der Waals surface area contributed by atoms with Gasteiger partial charge in [0.05, 0.1) is 13.1 Å². The van der Waals surface area contributed by atoms with Gasteiger partial charge >= 0.3 is 18.5 Å². The highest BCUT2D eigenvalue weighted by molar-refractivity contribution is 7.89. The number of para-hydroxylation sites is 1. The number of sulfonamides is 1. The molecule has 1 N–H and O–H groups in total.